The van der Waals surface area contributed by atoms with Crippen molar-refractivity contribution in [2.24, 2.45) is 0 Å². The molecule has 12 heavy (non-hydrogen) atoms. The number of rotatable bonds is 6. The first-order valence-corrected chi connectivity index (χ1v) is 7.31. The van der Waals surface area contributed by atoms with E-state index in [-0.39, 0.29) is 8.80 Å². The van der Waals surface area contributed by atoms with E-state index < -0.39 is 0 Å². The monoisotopic (exact) mass is 185 g/mol. The molecule has 0 N–H and O–H groups in total. The lowest BCUT2D eigenvalue weighted by Crippen LogP contribution is -2.20. The largest absolute Gasteiger partial charge is 0.0654 e. The normalized spacial score (nSPS) is 12.0. The second-order valence-corrected chi connectivity index (χ2v) is 8.30. The minimum absolute atomic E-state index is 0.0511. The van der Waals surface area contributed by atoms with Gasteiger partial charge in [0.05, 0.1) is 8.80 Å². The van der Waals surface area contributed by atoms with Gasteiger partial charge in [-0.05, 0) is 0 Å². The third-order valence-electron chi connectivity index (χ3n) is 2.55. The van der Waals surface area contributed by atoms with E-state index in [9.17, 15) is 0 Å². The van der Waals surface area contributed by atoms with Gasteiger partial charge in [-0.1, -0.05) is 71.0 Å². The first-order valence-electron chi connectivity index (χ1n) is 5.45. The van der Waals surface area contributed by atoms with Gasteiger partial charge in [-0.25, -0.2) is 0 Å². The Morgan fingerprint density at radius 2 is 1.42 bits per heavy atom. The van der Waals surface area contributed by atoms with Gasteiger partial charge in [-0.15, -0.1) is 0 Å². The Morgan fingerprint density at radius 1 is 0.917 bits per heavy atom. The first kappa shape index (κ1) is 12.2. The average Bonchev–Trinajstić information content (AvgIpc) is 1.96. The molecule has 0 unspecified atom stereocenters. The zero-order valence-corrected chi connectivity index (χ0v) is 10.5. The second-order valence-electron chi connectivity index (χ2n) is 4.34. The molecule has 0 nitrogen and oxygen atoms in total. The molecule has 0 aliphatic rings. The van der Waals surface area contributed by atoms with Crippen LogP contribution in [0.4, 0.5) is 0 Å². The van der Waals surface area contributed by atoms with Crippen molar-refractivity contribution in [2.75, 3.05) is 0 Å². The van der Waals surface area contributed by atoms with Crippen LogP contribution in [-0.2, 0) is 0 Å². The van der Waals surface area contributed by atoms with Crippen molar-refractivity contribution in [3.8, 4) is 0 Å². The first-order chi connectivity index (χ1) is 5.59. The SMILES string of the molecule is CCCCC[Si](C(C)C)C(C)C. The molecule has 0 atom stereocenters. The zero-order chi connectivity index (χ0) is 9.56. The lowest BCUT2D eigenvalue weighted by molar-refractivity contribution is 0.752. The summed E-state index contributed by atoms with van der Waals surface area (Å²) in [6.45, 7) is 11.9. The van der Waals surface area contributed by atoms with Gasteiger partial charge in [-0.2, -0.15) is 0 Å². The molecule has 0 spiro atoms. The molecule has 0 aromatic heterocycles. The van der Waals surface area contributed by atoms with Gasteiger partial charge in [-0.3, -0.25) is 0 Å². The molecule has 0 heterocycles. The summed E-state index contributed by atoms with van der Waals surface area (Å²) in [5.41, 5.74) is 1.93. The molecule has 0 aromatic rings. The molecule has 0 bridgehead atoms. The molecule has 0 fully saturated rings. The Morgan fingerprint density at radius 3 is 1.75 bits per heavy atom. The Bertz CT molecular complexity index is 89.2. The lowest BCUT2D eigenvalue weighted by Gasteiger charge is -2.22. The Kier molecular flexibility index (Phi) is 6.82. The van der Waals surface area contributed by atoms with Crippen LogP contribution in [0.3, 0.4) is 0 Å². The Balaban J connectivity index is 3.64. The Hall–Kier alpha value is 0.217. The summed E-state index contributed by atoms with van der Waals surface area (Å²) in [5.74, 6) is 0. The second kappa shape index (κ2) is 6.70. The summed E-state index contributed by atoms with van der Waals surface area (Å²) in [7, 11) is -0.0511. The third-order valence-corrected chi connectivity index (χ3v) is 6.45. The Labute approximate surface area is 80.4 Å². The average molecular weight is 185 g/mol. The van der Waals surface area contributed by atoms with Crippen molar-refractivity contribution in [3.63, 3.8) is 0 Å². The van der Waals surface area contributed by atoms with E-state index in [1.165, 1.54) is 25.3 Å². The number of unbranched alkanes of at least 4 members (excludes halogenated alkanes) is 2. The van der Waals surface area contributed by atoms with Crippen LogP contribution in [0, 0.1) is 0 Å². The molecular weight excluding hydrogens is 160 g/mol. The summed E-state index contributed by atoms with van der Waals surface area (Å²) in [6.07, 6.45) is 4.28. The van der Waals surface area contributed by atoms with E-state index >= 15 is 0 Å². The predicted octanol–water partition coefficient (Wildman–Crippen LogP) is 4.49. The standard InChI is InChI=1S/C11H25Si/c1-6-7-8-9-12(10(2)3)11(4)5/h10-11H,6-9H2,1-5H3. The highest BCUT2D eigenvalue weighted by molar-refractivity contribution is 6.61. The smallest absolute Gasteiger partial charge is 0.0534 e. The van der Waals surface area contributed by atoms with E-state index in [1.54, 1.807) is 0 Å². The van der Waals surface area contributed by atoms with Crippen LogP contribution >= 0.6 is 0 Å². The molecule has 0 aliphatic carbocycles. The summed E-state index contributed by atoms with van der Waals surface area (Å²) in [6, 6.07) is 1.54. The van der Waals surface area contributed by atoms with Crippen molar-refractivity contribution in [2.45, 2.75) is 71.0 Å². The van der Waals surface area contributed by atoms with Crippen LogP contribution in [0.1, 0.15) is 53.9 Å². The third kappa shape index (κ3) is 4.97. The maximum atomic E-state index is 2.40. The van der Waals surface area contributed by atoms with Crippen molar-refractivity contribution >= 4 is 8.80 Å². The number of hydrogen-bond donors (Lipinski definition) is 0. The summed E-state index contributed by atoms with van der Waals surface area (Å²) >= 11 is 0. The minimum Gasteiger partial charge on any atom is -0.0654 e. The summed E-state index contributed by atoms with van der Waals surface area (Å²) in [5, 5.41) is 0. The highest BCUT2D eigenvalue weighted by atomic mass is 28.3. The van der Waals surface area contributed by atoms with E-state index in [4.69, 9.17) is 0 Å². The van der Waals surface area contributed by atoms with Crippen LogP contribution in [-0.4, -0.2) is 8.80 Å². The summed E-state index contributed by atoms with van der Waals surface area (Å²) in [4.78, 5) is 0. The van der Waals surface area contributed by atoms with Crippen LogP contribution in [0.25, 0.3) is 0 Å². The zero-order valence-electron chi connectivity index (χ0n) is 9.48. The topological polar surface area (TPSA) is 0 Å². The fraction of sp³-hybridized carbons (Fsp3) is 1.00. The van der Waals surface area contributed by atoms with E-state index in [0.29, 0.717) is 0 Å². The van der Waals surface area contributed by atoms with Gasteiger partial charge in [0.25, 0.3) is 0 Å². The molecule has 0 saturated heterocycles. The van der Waals surface area contributed by atoms with Crippen LogP contribution in [0.2, 0.25) is 17.1 Å². The van der Waals surface area contributed by atoms with Crippen molar-refractivity contribution < 1.29 is 0 Å². The van der Waals surface area contributed by atoms with Gasteiger partial charge < -0.3 is 0 Å². The van der Waals surface area contributed by atoms with E-state index in [0.717, 1.165) is 11.1 Å². The van der Waals surface area contributed by atoms with Crippen LogP contribution < -0.4 is 0 Å². The van der Waals surface area contributed by atoms with Gasteiger partial charge in [0.1, 0.15) is 0 Å². The molecule has 0 aliphatic heterocycles. The van der Waals surface area contributed by atoms with E-state index in [2.05, 4.69) is 34.6 Å². The lowest BCUT2D eigenvalue weighted by atomic mass is 10.3. The van der Waals surface area contributed by atoms with Crippen LogP contribution in [0.15, 0.2) is 0 Å². The molecular formula is C11H25Si. The highest BCUT2D eigenvalue weighted by Crippen LogP contribution is 2.25. The maximum absolute atomic E-state index is 2.40. The van der Waals surface area contributed by atoms with Gasteiger partial charge >= 0.3 is 0 Å². The molecule has 0 amide bonds. The summed E-state index contributed by atoms with van der Waals surface area (Å²) < 4.78 is 0. The van der Waals surface area contributed by atoms with Gasteiger partial charge in [0.2, 0.25) is 0 Å². The fourth-order valence-electron chi connectivity index (χ4n) is 1.82. The highest BCUT2D eigenvalue weighted by Gasteiger charge is 2.18. The molecule has 0 saturated carbocycles. The quantitative estimate of drug-likeness (QED) is 0.422. The van der Waals surface area contributed by atoms with Gasteiger partial charge in [0.15, 0.2) is 0 Å². The molecule has 73 valence electrons. The van der Waals surface area contributed by atoms with Crippen molar-refractivity contribution in [1.29, 1.82) is 0 Å². The maximum Gasteiger partial charge on any atom is 0.0534 e. The molecule has 1 radical (unpaired) electrons. The number of hydrogen-bond acceptors (Lipinski definition) is 0. The van der Waals surface area contributed by atoms with Gasteiger partial charge in [0, 0.05) is 0 Å². The molecule has 1 heteroatoms. The fourth-order valence-corrected chi connectivity index (χ4v) is 4.97. The molecule has 0 aromatic carbocycles. The minimum atomic E-state index is -0.0511. The van der Waals surface area contributed by atoms with Crippen LogP contribution in [0.5, 0.6) is 0 Å². The van der Waals surface area contributed by atoms with Crippen molar-refractivity contribution in [3.05, 3.63) is 0 Å². The van der Waals surface area contributed by atoms with Crippen molar-refractivity contribution in [1.82, 2.24) is 0 Å². The predicted molar refractivity (Wildman–Crippen MR) is 60.3 cm³/mol. The van der Waals surface area contributed by atoms with E-state index in [1.807, 2.05) is 0 Å². The molecule has 0 rings (SSSR count).